The van der Waals surface area contributed by atoms with Crippen LogP contribution in [-0.4, -0.2) is 9.97 Å². The molecule has 0 saturated carbocycles. The van der Waals surface area contributed by atoms with Crippen molar-refractivity contribution in [1.82, 2.24) is 9.97 Å². The summed E-state index contributed by atoms with van der Waals surface area (Å²) in [5.74, 6) is 0.823. The highest BCUT2D eigenvalue weighted by molar-refractivity contribution is 9.11. The van der Waals surface area contributed by atoms with Crippen LogP contribution in [0.1, 0.15) is 4.88 Å². The first kappa shape index (κ1) is 10.9. The smallest absolute Gasteiger partial charge is 0.251 e. The van der Waals surface area contributed by atoms with Crippen molar-refractivity contribution in [2.75, 3.05) is 0 Å². The van der Waals surface area contributed by atoms with Gasteiger partial charge >= 0.3 is 0 Å². The largest absolute Gasteiger partial charge is 0.301 e. The summed E-state index contributed by atoms with van der Waals surface area (Å²) in [6.07, 6.45) is 1.52. The van der Waals surface area contributed by atoms with Crippen LogP contribution in [0.2, 0.25) is 0 Å². The lowest BCUT2D eigenvalue weighted by atomic mass is 10.5. The van der Waals surface area contributed by atoms with Gasteiger partial charge in [-0.2, -0.15) is 0 Å². The number of H-pyrrole nitrogens is 1. The molecule has 0 aromatic carbocycles. The summed E-state index contributed by atoms with van der Waals surface area (Å²) in [7, 11) is 0. The van der Waals surface area contributed by atoms with E-state index in [0.717, 1.165) is 9.54 Å². The number of rotatable bonds is 3. The van der Waals surface area contributed by atoms with Gasteiger partial charge < -0.3 is 4.98 Å². The maximum atomic E-state index is 11.0. The predicted octanol–water partition coefficient (Wildman–Crippen LogP) is 2.89. The average Bonchev–Trinajstić information content (AvgIpc) is 2.62. The van der Waals surface area contributed by atoms with E-state index in [1.165, 1.54) is 28.9 Å². The number of thioether (sulfide) groups is 1. The molecule has 6 heteroatoms. The molecule has 0 aliphatic carbocycles. The molecule has 0 amide bonds. The van der Waals surface area contributed by atoms with Crippen molar-refractivity contribution in [2.45, 2.75) is 10.9 Å². The number of aromatic nitrogens is 2. The van der Waals surface area contributed by atoms with E-state index in [1.807, 2.05) is 6.07 Å². The highest BCUT2D eigenvalue weighted by Crippen LogP contribution is 2.27. The summed E-state index contributed by atoms with van der Waals surface area (Å²) in [5.41, 5.74) is -0.111. The number of thiophene rings is 1. The molecule has 2 aromatic rings. The Hall–Kier alpha value is -0.590. The lowest BCUT2D eigenvalue weighted by Crippen LogP contribution is -2.05. The summed E-state index contributed by atoms with van der Waals surface area (Å²) in [4.78, 5) is 19.0. The first-order chi connectivity index (χ1) is 7.24. The standard InChI is InChI=1S/C9H7BrN2OS2/c10-7-2-1-6(15-7)5-14-9-11-4-3-8(13)12-9/h1-4H,5H2,(H,11,12,13). The lowest BCUT2D eigenvalue weighted by molar-refractivity contribution is 0.936. The van der Waals surface area contributed by atoms with Crippen LogP contribution in [-0.2, 0) is 5.75 Å². The second-order valence-electron chi connectivity index (χ2n) is 2.73. The highest BCUT2D eigenvalue weighted by Gasteiger charge is 2.00. The van der Waals surface area contributed by atoms with Crippen molar-refractivity contribution in [1.29, 1.82) is 0 Å². The maximum absolute atomic E-state index is 11.0. The van der Waals surface area contributed by atoms with Crippen LogP contribution in [0.15, 0.2) is 38.1 Å². The van der Waals surface area contributed by atoms with Crippen molar-refractivity contribution in [2.24, 2.45) is 0 Å². The van der Waals surface area contributed by atoms with Gasteiger partial charge in [0.1, 0.15) is 0 Å². The molecule has 2 aromatic heterocycles. The van der Waals surface area contributed by atoms with E-state index in [1.54, 1.807) is 11.3 Å². The molecule has 0 fully saturated rings. The Kier molecular flexibility index (Phi) is 3.61. The van der Waals surface area contributed by atoms with Crippen LogP contribution in [0.5, 0.6) is 0 Å². The van der Waals surface area contributed by atoms with E-state index in [2.05, 4.69) is 32.0 Å². The Morgan fingerprint density at radius 3 is 3.00 bits per heavy atom. The Labute approximate surface area is 103 Å². The van der Waals surface area contributed by atoms with Crippen molar-refractivity contribution in [3.05, 3.63) is 43.4 Å². The number of nitrogens with one attached hydrogen (secondary N) is 1. The fraction of sp³-hybridized carbons (Fsp3) is 0.111. The monoisotopic (exact) mass is 302 g/mol. The molecular weight excluding hydrogens is 296 g/mol. The molecular formula is C9H7BrN2OS2. The first-order valence-corrected chi connectivity index (χ1v) is 6.76. The molecule has 0 unspecified atom stereocenters. The van der Waals surface area contributed by atoms with Crippen LogP contribution < -0.4 is 5.56 Å². The van der Waals surface area contributed by atoms with Crippen LogP contribution in [0.4, 0.5) is 0 Å². The molecule has 78 valence electrons. The topological polar surface area (TPSA) is 45.8 Å². The predicted molar refractivity (Wildman–Crippen MR) is 66.4 cm³/mol. The molecule has 0 radical (unpaired) electrons. The van der Waals surface area contributed by atoms with Gasteiger partial charge in [-0.1, -0.05) is 11.8 Å². The minimum absolute atomic E-state index is 0.111. The first-order valence-electron chi connectivity index (χ1n) is 4.16. The summed E-state index contributed by atoms with van der Waals surface area (Å²) in [5, 5.41) is 0.659. The zero-order valence-corrected chi connectivity index (χ0v) is 10.8. The van der Waals surface area contributed by atoms with Gasteiger partial charge in [0.2, 0.25) is 0 Å². The number of hydrogen-bond donors (Lipinski definition) is 1. The SMILES string of the molecule is O=c1ccnc(SCc2ccc(Br)s2)[nH]1. The minimum atomic E-state index is -0.111. The van der Waals surface area contributed by atoms with Crippen molar-refractivity contribution in [3.63, 3.8) is 0 Å². The van der Waals surface area contributed by atoms with Crippen LogP contribution in [0.25, 0.3) is 0 Å². The Morgan fingerprint density at radius 2 is 2.33 bits per heavy atom. The number of halogens is 1. The number of hydrogen-bond acceptors (Lipinski definition) is 4. The van der Waals surface area contributed by atoms with E-state index in [-0.39, 0.29) is 5.56 Å². The fourth-order valence-corrected chi connectivity index (χ4v) is 3.37. The van der Waals surface area contributed by atoms with E-state index in [9.17, 15) is 4.79 Å². The Balaban J connectivity index is 2.02. The van der Waals surface area contributed by atoms with Gasteiger partial charge in [-0.15, -0.1) is 11.3 Å². The van der Waals surface area contributed by atoms with Gasteiger partial charge in [-0.05, 0) is 28.1 Å². The molecule has 0 saturated heterocycles. The summed E-state index contributed by atoms with van der Waals surface area (Å²) >= 11 is 6.62. The van der Waals surface area contributed by atoms with Gasteiger partial charge in [0.05, 0.1) is 3.79 Å². The average molecular weight is 303 g/mol. The van der Waals surface area contributed by atoms with Gasteiger partial charge in [0.15, 0.2) is 5.16 Å². The van der Waals surface area contributed by atoms with Crippen molar-refractivity contribution in [3.8, 4) is 0 Å². The molecule has 0 bridgehead atoms. The molecule has 0 aliphatic rings. The second-order valence-corrected chi connectivity index (χ2v) is 6.25. The van der Waals surface area contributed by atoms with E-state index >= 15 is 0 Å². The molecule has 2 heterocycles. The zero-order chi connectivity index (χ0) is 10.7. The summed E-state index contributed by atoms with van der Waals surface area (Å²) in [6.45, 7) is 0. The van der Waals surface area contributed by atoms with Gasteiger partial charge in [-0.3, -0.25) is 4.79 Å². The Morgan fingerprint density at radius 1 is 1.47 bits per heavy atom. The zero-order valence-electron chi connectivity index (χ0n) is 7.57. The van der Waals surface area contributed by atoms with E-state index in [4.69, 9.17) is 0 Å². The maximum Gasteiger partial charge on any atom is 0.251 e. The third-order valence-electron chi connectivity index (χ3n) is 1.63. The highest BCUT2D eigenvalue weighted by atomic mass is 79.9. The molecule has 2 rings (SSSR count). The van der Waals surface area contributed by atoms with Crippen LogP contribution in [0, 0.1) is 0 Å². The van der Waals surface area contributed by atoms with Gasteiger partial charge in [0, 0.05) is 22.9 Å². The summed E-state index contributed by atoms with van der Waals surface area (Å²) in [6, 6.07) is 5.48. The number of nitrogens with zero attached hydrogens (tertiary/aromatic N) is 1. The minimum Gasteiger partial charge on any atom is -0.301 e. The second kappa shape index (κ2) is 4.96. The van der Waals surface area contributed by atoms with E-state index in [0.29, 0.717) is 5.16 Å². The van der Waals surface area contributed by atoms with Crippen molar-refractivity contribution >= 4 is 39.0 Å². The molecule has 0 aliphatic heterocycles. The number of aromatic amines is 1. The fourth-order valence-electron chi connectivity index (χ4n) is 0.994. The third kappa shape index (κ3) is 3.19. The Bertz CT molecular complexity index is 509. The normalized spacial score (nSPS) is 10.5. The molecule has 15 heavy (non-hydrogen) atoms. The van der Waals surface area contributed by atoms with Gasteiger partial charge in [-0.25, -0.2) is 4.98 Å². The molecule has 0 spiro atoms. The van der Waals surface area contributed by atoms with Crippen LogP contribution in [0.3, 0.4) is 0 Å². The molecule has 3 nitrogen and oxygen atoms in total. The summed E-state index contributed by atoms with van der Waals surface area (Å²) < 4.78 is 1.12. The quantitative estimate of drug-likeness (QED) is 0.700. The van der Waals surface area contributed by atoms with Gasteiger partial charge in [0.25, 0.3) is 5.56 Å². The van der Waals surface area contributed by atoms with Crippen molar-refractivity contribution < 1.29 is 0 Å². The van der Waals surface area contributed by atoms with Crippen LogP contribution >= 0.6 is 39.0 Å². The van der Waals surface area contributed by atoms with E-state index < -0.39 is 0 Å². The third-order valence-corrected chi connectivity index (χ3v) is 4.37. The lowest BCUT2D eigenvalue weighted by Gasteiger charge is -1.96. The molecule has 0 atom stereocenters. The molecule has 1 N–H and O–H groups in total.